The van der Waals surface area contributed by atoms with Crippen molar-refractivity contribution >= 4 is 0 Å². The first-order valence-corrected chi connectivity index (χ1v) is 17.1. The number of allylic oxidation sites excluding steroid dienone is 1. The van der Waals surface area contributed by atoms with Gasteiger partial charge in [0.15, 0.2) is 6.29 Å². The highest BCUT2D eigenvalue weighted by Gasteiger charge is 2.59. The van der Waals surface area contributed by atoms with Crippen LogP contribution in [-0.4, -0.2) is 63.8 Å². The maximum Gasteiger partial charge on any atom is 0.186 e. The maximum atomic E-state index is 10.5. The average Bonchev–Trinajstić information content (AvgIpc) is 3.30. The van der Waals surface area contributed by atoms with Crippen molar-refractivity contribution < 1.29 is 29.9 Å². The lowest BCUT2D eigenvalue weighted by Crippen LogP contribution is -2.60. The van der Waals surface area contributed by atoms with Gasteiger partial charge in [0.1, 0.15) is 24.4 Å². The lowest BCUT2D eigenvalue weighted by Gasteiger charge is -2.58. The molecule has 6 nitrogen and oxygen atoms in total. The zero-order valence-electron chi connectivity index (χ0n) is 26.7. The minimum atomic E-state index is -1.40. The molecule has 0 amide bonds. The van der Waals surface area contributed by atoms with Crippen molar-refractivity contribution in [2.75, 3.05) is 6.61 Å². The highest BCUT2D eigenvalue weighted by atomic mass is 16.7. The topological polar surface area (TPSA) is 99.4 Å². The average molecular weight is 577 g/mol. The minimum absolute atomic E-state index is 0.101. The summed E-state index contributed by atoms with van der Waals surface area (Å²) < 4.78 is 11.9. The van der Waals surface area contributed by atoms with Gasteiger partial charge < -0.3 is 29.9 Å². The Labute approximate surface area is 249 Å². The first-order valence-electron chi connectivity index (χ1n) is 17.1. The predicted octanol–water partition coefficient (Wildman–Crippen LogP) is 5.85. The standard InChI is InChI=1S/C35H60O6/c1-7-22(20(2)3)9-8-21(4)26-12-13-27-25-11-10-23-18-24(14-16-34(23,5)28(25)15-17-35(26,27)6)40-33-32(39)31(38)30(37)29(19-36)41-33/h10,20-22,24-33,36-39H,7-9,11-19H2,1-6H3/t21-,22+,24+,25+,26-,27+,28+,29-,30-,31+,32-,33+,34+,35-/m1/s1. The minimum Gasteiger partial charge on any atom is -0.394 e. The molecule has 0 radical (unpaired) electrons. The molecule has 41 heavy (non-hydrogen) atoms. The first-order chi connectivity index (χ1) is 19.4. The Morgan fingerprint density at radius 3 is 2.39 bits per heavy atom. The molecule has 4 fully saturated rings. The van der Waals surface area contributed by atoms with E-state index in [-0.39, 0.29) is 11.5 Å². The smallest absolute Gasteiger partial charge is 0.186 e. The second-order valence-corrected chi connectivity index (χ2v) is 15.7. The van der Waals surface area contributed by atoms with Crippen molar-refractivity contribution in [1.82, 2.24) is 0 Å². The van der Waals surface area contributed by atoms with Gasteiger partial charge in [0.25, 0.3) is 0 Å². The Hall–Kier alpha value is -0.500. The van der Waals surface area contributed by atoms with E-state index in [1.807, 2.05) is 0 Å². The fraction of sp³-hybridized carbons (Fsp3) is 0.943. The molecule has 4 aliphatic carbocycles. The van der Waals surface area contributed by atoms with Crippen molar-refractivity contribution in [2.45, 2.75) is 149 Å². The Kier molecular flexibility index (Phi) is 9.71. The van der Waals surface area contributed by atoms with E-state index >= 15 is 0 Å². The number of rotatable bonds is 9. The normalized spacial score (nSPS) is 47.7. The molecule has 1 aliphatic heterocycles. The maximum absolute atomic E-state index is 10.5. The quantitative estimate of drug-likeness (QED) is 0.257. The van der Waals surface area contributed by atoms with Crippen LogP contribution < -0.4 is 0 Å². The summed E-state index contributed by atoms with van der Waals surface area (Å²) in [6.45, 7) is 14.5. The second kappa shape index (κ2) is 12.5. The first kappa shape index (κ1) is 31.9. The van der Waals surface area contributed by atoms with E-state index in [2.05, 4.69) is 47.6 Å². The molecule has 0 unspecified atom stereocenters. The van der Waals surface area contributed by atoms with E-state index in [1.165, 1.54) is 56.9 Å². The van der Waals surface area contributed by atoms with E-state index in [4.69, 9.17) is 9.47 Å². The molecular weight excluding hydrogens is 516 g/mol. The van der Waals surface area contributed by atoms with Gasteiger partial charge in [0, 0.05) is 0 Å². The lowest BCUT2D eigenvalue weighted by molar-refractivity contribution is -0.313. The van der Waals surface area contributed by atoms with Gasteiger partial charge in [0.2, 0.25) is 0 Å². The monoisotopic (exact) mass is 576 g/mol. The van der Waals surface area contributed by atoms with Crippen LogP contribution in [0.5, 0.6) is 0 Å². The van der Waals surface area contributed by atoms with Crippen molar-refractivity contribution in [3.8, 4) is 0 Å². The van der Waals surface area contributed by atoms with Crippen molar-refractivity contribution in [3.05, 3.63) is 11.6 Å². The molecule has 5 aliphatic rings. The third kappa shape index (κ3) is 5.73. The summed E-state index contributed by atoms with van der Waals surface area (Å²) in [5.74, 6) is 5.66. The number of hydrogen-bond acceptors (Lipinski definition) is 6. The SMILES string of the molecule is CC[C@@H](CC[C@@H](C)[C@H]1CC[C@H]2[C@@H]3CC=C4C[C@@H](O[C@H]5O[C@H](CO)[C@@H](O)[C@H](O)[C@H]5O)CC[C@]4(C)[C@H]3CC[C@]12C)C(C)C. The molecule has 5 rings (SSSR count). The van der Waals surface area contributed by atoms with Gasteiger partial charge in [-0.2, -0.15) is 0 Å². The second-order valence-electron chi connectivity index (χ2n) is 15.7. The highest BCUT2D eigenvalue weighted by Crippen LogP contribution is 2.67. The van der Waals surface area contributed by atoms with Crippen LogP contribution in [0.25, 0.3) is 0 Å². The summed E-state index contributed by atoms with van der Waals surface area (Å²) >= 11 is 0. The van der Waals surface area contributed by atoms with Gasteiger partial charge in [-0.3, -0.25) is 0 Å². The van der Waals surface area contributed by atoms with Crippen LogP contribution in [0.4, 0.5) is 0 Å². The van der Waals surface area contributed by atoms with Crippen LogP contribution in [0.3, 0.4) is 0 Å². The molecule has 236 valence electrons. The zero-order valence-corrected chi connectivity index (χ0v) is 26.7. The Balaban J connectivity index is 1.24. The Morgan fingerprint density at radius 1 is 0.951 bits per heavy atom. The summed E-state index contributed by atoms with van der Waals surface area (Å²) in [5.41, 5.74) is 2.19. The summed E-state index contributed by atoms with van der Waals surface area (Å²) in [7, 11) is 0. The molecule has 1 saturated heterocycles. The summed E-state index contributed by atoms with van der Waals surface area (Å²) in [6.07, 6.45) is 9.92. The molecule has 14 atom stereocenters. The van der Waals surface area contributed by atoms with E-state index in [9.17, 15) is 20.4 Å². The van der Waals surface area contributed by atoms with Gasteiger partial charge in [-0.05, 0) is 110 Å². The fourth-order valence-electron chi connectivity index (χ4n) is 10.8. The van der Waals surface area contributed by atoms with E-state index in [0.717, 1.165) is 60.7 Å². The highest BCUT2D eigenvalue weighted by molar-refractivity contribution is 5.25. The van der Waals surface area contributed by atoms with E-state index in [0.29, 0.717) is 5.41 Å². The van der Waals surface area contributed by atoms with Gasteiger partial charge in [0.05, 0.1) is 12.7 Å². The molecule has 0 bridgehead atoms. The molecule has 0 aromatic heterocycles. The summed E-state index contributed by atoms with van der Waals surface area (Å²) in [5, 5.41) is 40.4. The summed E-state index contributed by atoms with van der Waals surface area (Å²) in [4.78, 5) is 0. The van der Waals surface area contributed by atoms with Crippen LogP contribution >= 0.6 is 0 Å². The van der Waals surface area contributed by atoms with Crippen molar-refractivity contribution in [1.29, 1.82) is 0 Å². The van der Waals surface area contributed by atoms with Crippen molar-refractivity contribution in [3.63, 3.8) is 0 Å². The zero-order chi connectivity index (χ0) is 29.7. The van der Waals surface area contributed by atoms with Gasteiger partial charge in [-0.15, -0.1) is 0 Å². The number of hydrogen-bond donors (Lipinski definition) is 4. The number of fused-ring (bicyclic) bond motifs is 5. The molecule has 6 heteroatoms. The fourth-order valence-corrected chi connectivity index (χ4v) is 10.8. The van der Waals surface area contributed by atoms with Crippen molar-refractivity contribution in [2.24, 2.45) is 52.3 Å². The molecule has 3 saturated carbocycles. The van der Waals surface area contributed by atoms with Crippen LogP contribution in [0.15, 0.2) is 11.6 Å². The van der Waals surface area contributed by atoms with Crippen LogP contribution in [0, 0.1) is 52.3 Å². The van der Waals surface area contributed by atoms with E-state index < -0.39 is 37.3 Å². The van der Waals surface area contributed by atoms with Crippen LogP contribution in [0.1, 0.15) is 112 Å². The molecule has 4 N–H and O–H groups in total. The van der Waals surface area contributed by atoms with Gasteiger partial charge in [-0.1, -0.05) is 66.0 Å². The van der Waals surface area contributed by atoms with Gasteiger partial charge in [-0.25, -0.2) is 0 Å². The molecule has 0 aromatic rings. The van der Waals surface area contributed by atoms with Gasteiger partial charge >= 0.3 is 0 Å². The Bertz CT molecular complexity index is 918. The number of aliphatic hydroxyl groups excluding tert-OH is 4. The van der Waals surface area contributed by atoms with E-state index in [1.54, 1.807) is 0 Å². The molecule has 0 aromatic carbocycles. The number of aliphatic hydroxyl groups is 4. The summed E-state index contributed by atoms with van der Waals surface area (Å²) in [6, 6.07) is 0. The largest absolute Gasteiger partial charge is 0.394 e. The van der Waals surface area contributed by atoms with Crippen LogP contribution in [0.2, 0.25) is 0 Å². The number of ether oxygens (including phenoxy) is 2. The Morgan fingerprint density at radius 2 is 1.71 bits per heavy atom. The third-order valence-corrected chi connectivity index (χ3v) is 13.5. The molecular formula is C35H60O6. The molecule has 1 heterocycles. The molecule has 0 spiro atoms. The predicted molar refractivity (Wildman–Crippen MR) is 161 cm³/mol. The lowest BCUT2D eigenvalue weighted by atomic mass is 9.47. The third-order valence-electron chi connectivity index (χ3n) is 13.5. The van der Waals surface area contributed by atoms with Crippen LogP contribution in [-0.2, 0) is 9.47 Å².